The van der Waals surface area contributed by atoms with E-state index < -0.39 is 11.6 Å². The van der Waals surface area contributed by atoms with E-state index in [1.165, 1.54) is 6.07 Å². The second-order valence-electron chi connectivity index (χ2n) is 4.42. The summed E-state index contributed by atoms with van der Waals surface area (Å²) in [4.78, 5) is 0. The molecule has 4 nitrogen and oxygen atoms in total. The van der Waals surface area contributed by atoms with Crippen molar-refractivity contribution in [2.75, 3.05) is 6.54 Å². The SMILES string of the molecule is CCNC(Cc1cccc(F)c1F)c1c(Br)nnn1C. The van der Waals surface area contributed by atoms with Gasteiger partial charge in [0.15, 0.2) is 16.2 Å². The van der Waals surface area contributed by atoms with Crippen molar-refractivity contribution in [2.45, 2.75) is 19.4 Å². The molecular formula is C13H15BrF2N4. The third-order valence-corrected chi connectivity index (χ3v) is 3.63. The van der Waals surface area contributed by atoms with E-state index in [1.807, 2.05) is 6.92 Å². The van der Waals surface area contributed by atoms with Crippen LogP contribution in [0.1, 0.15) is 24.2 Å². The summed E-state index contributed by atoms with van der Waals surface area (Å²) in [5.74, 6) is -1.64. The Balaban J connectivity index is 2.33. The maximum Gasteiger partial charge on any atom is 0.162 e. The first-order chi connectivity index (χ1) is 9.54. The van der Waals surface area contributed by atoms with Crippen molar-refractivity contribution in [3.63, 3.8) is 0 Å². The Bertz CT molecular complexity index is 581. The Kier molecular flexibility index (Phi) is 4.82. The standard InChI is InChI=1S/C13H15BrF2N4/c1-3-17-10(12-13(14)18-19-20(12)2)7-8-5-4-6-9(15)11(8)16/h4-6,10,17H,3,7H2,1-2H3. The molecule has 1 heterocycles. The highest BCUT2D eigenvalue weighted by molar-refractivity contribution is 9.10. The Labute approximate surface area is 124 Å². The van der Waals surface area contributed by atoms with Gasteiger partial charge in [0.2, 0.25) is 0 Å². The molecule has 1 aromatic carbocycles. The van der Waals surface area contributed by atoms with Gasteiger partial charge in [0, 0.05) is 7.05 Å². The summed E-state index contributed by atoms with van der Waals surface area (Å²) in [7, 11) is 1.76. The largest absolute Gasteiger partial charge is 0.309 e. The third-order valence-electron chi connectivity index (χ3n) is 3.06. The molecule has 1 atom stereocenters. The number of likely N-dealkylation sites (N-methyl/N-ethyl adjacent to an activating group) is 1. The van der Waals surface area contributed by atoms with E-state index in [1.54, 1.807) is 17.8 Å². The molecule has 1 aromatic heterocycles. The van der Waals surface area contributed by atoms with Crippen molar-refractivity contribution in [3.05, 3.63) is 45.7 Å². The van der Waals surface area contributed by atoms with E-state index in [9.17, 15) is 8.78 Å². The van der Waals surface area contributed by atoms with Gasteiger partial charge in [-0.2, -0.15) is 0 Å². The Morgan fingerprint density at radius 1 is 1.40 bits per heavy atom. The Hall–Kier alpha value is -1.34. The van der Waals surface area contributed by atoms with Gasteiger partial charge in [-0.3, -0.25) is 0 Å². The van der Waals surface area contributed by atoms with Crippen molar-refractivity contribution >= 4 is 15.9 Å². The van der Waals surface area contributed by atoms with Gasteiger partial charge in [0.1, 0.15) is 0 Å². The molecule has 0 radical (unpaired) electrons. The van der Waals surface area contributed by atoms with E-state index in [-0.39, 0.29) is 6.04 Å². The molecule has 0 bridgehead atoms. The van der Waals surface area contributed by atoms with Gasteiger partial charge in [0.05, 0.1) is 11.7 Å². The van der Waals surface area contributed by atoms with Crippen molar-refractivity contribution in [3.8, 4) is 0 Å². The maximum absolute atomic E-state index is 13.8. The number of halogens is 3. The number of hydrogen-bond donors (Lipinski definition) is 1. The number of rotatable bonds is 5. The summed E-state index contributed by atoms with van der Waals surface area (Å²) >= 11 is 3.33. The first-order valence-corrected chi connectivity index (χ1v) is 7.05. The summed E-state index contributed by atoms with van der Waals surface area (Å²) in [6, 6.07) is 4.00. The molecule has 1 N–H and O–H groups in total. The summed E-state index contributed by atoms with van der Waals surface area (Å²) in [5.41, 5.74) is 1.12. The van der Waals surface area contributed by atoms with Crippen LogP contribution in [0.15, 0.2) is 22.8 Å². The van der Waals surface area contributed by atoms with Gasteiger partial charge in [0.25, 0.3) is 0 Å². The molecule has 7 heteroatoms. The molecule has 0 amide bonds. The van der Waals surface area contributed by atoms with Crippen molar-refractivity contribution in [1.29, 1.82) is 0 Å². The fourth-order valence-corrected chi connectivity index (χ4v) is 2.75. The summed E-state index contributed by atoms with van der Waals surface area (Å²) in [5, 5.41) is 11.1. The van der Waals surface area contributed by atoms with E-state index in [4.69, 9.17) is 0 Å². The van der Waals surface area contributed by atoms with E-state index in [0.29, 0.717) is 23.1 Å². The number of nitrogens with zero attached hydrogens (tertiary/aromatic N) is 3. The molecule has 2 rings (SSSR count). The predicted octanol–water partition coefficient (Wildman–Crippen LogP) is 2.75. The van der Waals surface area contributed by atoms with Crippen LogP contribution in [0.5, 0.6) is 0 Å². The van der Waals surface area contributed by atoms with Crippen molar-refractivity contribution in [1.82, 2.24) is 20.3 Å². The Morgan fingerprint density at radius 3 is 2.75 bits per heavy atom. The zero-order valence-corrected chi connectivity index (χ0v) is 12.8. The van der Waals surface area contributed by atoms with Crippen molar-refractivity contribution < 1.29 is 8.78 Å². The van der Waals surface area contributed by atoms with Gasteiger partial charge in [-0.05, 0) is 40.5 Å². The fourth-order valence-electron chi connectivity index (χ4n) is 2.15. The van der Waals surface area contributed by atoms with Crippen LogP contribution in [0.3, 0.4) is 0 Å². The number of aryl methyl sites for hydroxylation is 1. The van der Waals surface area contributed by atoms with Crippen LogP contribution in [0.4, 0.5) is 8.78 Å². The zero-order valence-electron chi connectivity index (χ0n) is 11.2. The van der Waals surface area contributed by atoms with Crippen LogP contribution >= 0.6 is 15.9 Å². The van der Waals surface area contributed by atoms with Crippen LogP contribution in [0.2, 0.25) is 0 Å². The number of nitrogens with one attached hydrogen (secondary N) is 1. The fraction of sp³-hybridized carbons (Fsp3) is 0.385. The smallest absolute Gasteiger partial charge is 0.162 e. The maximum atomic E-state index is 13.8. The average Bonchev–Trinajstić information content (AvgIpc) is 2.74. The number of hydrogen-bond acceptors (Lipinski definition) is 3. The highest BCUT2D eigenvalue weighted by Crippen LogP contribution is 2.25. The minimum atomic E-state index is -0.833. The number of benzene rings is 1. The molecule has 0 aliphatic rings. The minimum absolute atomic E-state index is 0.203. The van der Waals surface area contributed by atoms with Crippen LogP contribution in [-0.4, -0.2) is 21.5 Å². The van der Waals surface area contributed by atoms with Gasteiger partial charge in [-0.1, -0.05) is 24.3 Å². The van der Waals surface area contributed by atoms with Gasteiger partial charge in [-0.25, -0.2) is 13.5 Å². The molecule has 0 spiro atoms. The zero-order chi connectivity index (χ0) is 14.7. The van der Waals surface area contributed by atoms with Crippen LogP contribution in [0, 0.1) is 11.6 Å². The second kappa shape index (κ2) is 6.41. The summed E-state index contributed by atoms with van der Waals surface area (Å²) < 4.78 is 29.3. The first kappa shape index (κ1) is 15.1. The van der Waals surface area contributed by atoms with E-state index in [2.05, 4.69) is 31.6 Å². The molecule has 0 fully saturated rings. The first-order valence-electron chi connectivity index (χ1n) is 6.26. The molecule has 0 saturated heterocycles. The predicted molar refractivity (Wildman–Crippen MR) is 75.2 cm³/mol. The lowest BCUT2D eigenvalue weighted by atomic mass is 10.0. The summed E-state index contributed by atoms with van der Waals surface area (Å²) in [6.45, 7) is 2.64. The molecule has 108 valence electrons. The van der Waals surface area contributed by atoms with Crippen LogP contribution < -0.4 is 5.32 Å². The highest BCUT2D eigenvalue weighted by Gasteiger charge is 2.21. The molecule has 0 saturated carbocycles. The average molecular weight is 345 g/mol. The quantitative estimate of drug-likeness (QED) is 0.906. The van der Waals surface area contributed by atoms with Gasteiger partial charge < -0.3 is 5.32 Å². The van der Waals surface area contributed by atoms with Crippen LogP contribution in [0.25, 0.3) is 0 Å². The molecule has 0 aliphatic carbocycles. The monoisotopic (exact) mass is 344 g/mol. The third kappa shape index (κ3) is 3.04. The number of aromatic nitrogens is 3. The van der Waals surface area contributed by atoms with E-state index >= 15 is 0 Å². The lowest BCUT2D eigenvalue weighted by Gasteiger charge is -2.18. The van der Waals surface area contributed by atoms with Crippen molar-refractivity contribution in [2.24, 2.45) is 7.05 Å². The van der Waals surface area contributed by atoms with Gasteiger partial charge >= 0.3 is 0 Å². The molecule has 0 aliphatic heterocycles. The molecule has 2 aromatic rings. The van der Waals surface area contributed by atoms with Gasteiger partial charge in [-0.15, -0.1) is 5.10 Å². The molecule has 1 unspecified atom stereocenters. The lowest BCUT2D eigenvalue weighted by Crippen LogP contribution is -2.26. The topological polar surface area (TPSA) is 42.7 Å². The summed E-state index contributed by atoms with van der Waals surface area (Å²) in [6.07, 6.45) is 0.317. The second-order valence-corrected chi connectivity index (χ2v) is 5.17. The van der Waals surface area contributed by atoms with Crippen LogP contribution in [-0.2, 0) is 13.5 Å². The minimum Gasteiger partial charge on any atom is -0.309 e. The normalized spacial score (nSPS) is 12.7. The highest BCUT2D eigenvalue weighted by atomic mass is 79.9. The Morgan fingerprint density at radius 2 is 2.15 bits per heavy atom. The lowest BCUT2D eigenvalue weighted by molar-refractivity contribution is 0.468. The molecular weight excluding hydrogens is 330 g/mol. The van der Waals surface area contributed by atoms with E-state index in [0.717, 1.165) is 11.8 Å². The molecule has 20 heavy (non-hydrogen) atoms.